The largest absolute Gasteiger partial charge is 0.390 e. The van der Waals surface area contributed by atoms with Crippen molar-refractivity contribution in [2.75, 3.05) is 13.6 Å². The fraction of sp³-hybridized carbons (Fsp3) is 1.00. The third-order valence-electron chi connectivity index (χ3n) is 4.54. The molecule has 0 amide bonds. The summed E-state index contributed by atoms with van der Waals surface area (Å²) in [7, 11) is 2.03. The maximum absolute atomic E-state index is 10.4. The van der Waals surface area contributed by atoms with Crippen molar-refractivity contribution in [1.82, 2.24) is 5.32 Å². The molecule has 0 aromatic heterocycles. The van der Waals surface area contributed by atoms with E-state index in [1.807, 2.05) is 14.0 Å². The van der Waals surface area contributed by atoms with Crippen molar-refractivity contribution in [2.24, 2.45) is 11.3 Å². The van der Waals surface area contributed by atoms with Crippen LogP contribution in [0.5, 0.6) is 0 Å². The van der Waals surface area contributed by atoms with Gasteiger partial charge in [0, 0.05) is 6.54 Å². The summed E-state index contributed by atoms with van der Waals surface area (Å²) >= 11 is 0. The predicted molar refractivity (Wildman–Crippen MR) is 58.2 cm³/mol. The monoisotopic (exact) mass is 197 g/mol. The van der Waals surface area contributed by atoms with E-state index in [0.29, 0.717) is 11.3 Å². The summed E-state index contributed by atoms with van der Waals surface area (Å²) in [6.07, 6.45) is 7.43. The van der Waals surface area contributed by atoms with Crippen molar-refractivity contribution < 1.29 is 5.11 Å². The topological polar surface area (TPSA) is 32.3 Å². The van der Waals surface area contributed by atoms with Gasteiger partial charge >= 0.3 is 0 Å². The molecular formula is C12H23NO. The van der Waals surface area contributed by atoms with Crippen LogP contribution in [0.4, 0.5) is 0 Å². The molecule has 14 heavy (non-hydrogen) atoms. The molecule has 2 atom stereocenters. The maximum atomic E-state index is 10.4. The zero-order chi connectivity index (χ0) is 10.2. The van der Waals surface area contributed by atoms with Crippen LogP contribution in [0.3, 0.4) is 0 Å². The molecule has 2 saturated carbocycles. The highest BCUT2D eigenvalue weighted by Crippen LogP contribution is 2.55. The zero-order valence-corrected chi connectivity index (χ0v) is 9.47. The first-order chi connectivity index (χ1) is 6.61. The van der Waals surface area contributed by atoms with Crippen LogP contribution in [0.15, 0.2) is 0 Å². The van der Waals surface area contributed by atoms with Crippen LogP contribution < -0.4 is 5.32 Å². The quantitative estimate of drug-likeness (QED) is 0.724. The van der Waals surface area contributed by atoms with Crippen LogP contribution in [0.1, 0.15) is 45.4 Å². The SMILES string of the molecule is CNCC1(C2CCCC2(C)O)CCC1. The highest BCUT2D eigenvalue weighted by molar-refractivity contribution is 5.04. The van der Waals surface area contributed by atoms with Crippen LogP contribution in [0, 0.1) is 11.3 Å². The molecule has 2 N–H and O–H groups in total. The number of hydrogen-bond acceptors (Lipinski definition) is 2. The predicted octanol–water partition coefficient (Wildman–Crippen LogP) is 1.93. The highest BCUT2D eigenvalue weighted by Gasteiger charge is 2.52. The molecule has 2 rings (SSSR count). The van der Waals surface area contributed by atoms with Crippen molar-refractivity contribution in [1.29, 1.82) is 0 Å². The van der Waals surface area contributed by atoms with Crippen molar-refractivity contribution in [3.8, 4) is 0 Å². The van der Waals surface area contributed by atoms with Crippen molar-refractivity contribution in [2.45, 2.75) is 51.0 Å². The molecule has 0 aromatic carbocycles. The Bertz CT molecular complexity index is 208. The molecule has 2 fully saturated rings. The second-order valence-electron chi connectivity index (χ2n) is 5.55. The summed E-state index contributed by atoms with van der Waals surface area (Å²) in [5, 5.41) is 13.7. The standard InChI is InChI=1S/C12H23NO/c1-11(14)6-3-5-10(11)12(9-13-2)7-4-8-12/h10,13-14H,3-9H2,1-2H3. The Kier molecular flexibility index (Phi) is 2.61. The molecule has 0 heterocycles. The van der Waals surface area contributed by atoms with Gasteiger partial charge in [-0.2, -0.15) is 0 Å². The molecular weight excluding hydrogens is 174 g/mol. The third-order valence-corrected chi connectivity index (χ3v) is 4.54. The average molecular weight is 197 g/mol. The smallest absolute Gasteiger partial charge is 0.0653 e. The van der Waals surface area contributed by atoms with E-state index in [2.05, 4.69) is 5.32 Å². The number of hydrogen-bond donors (Lipinski definition) is 2. The summed E-state index contributed by atoms with van der Waals surface area (Å²) < 4.78 is 0. The summed E-state index contributed by atoms with van der Waals surface area (Å²) in [4.78, 5) is 0. The summed E-state index contributed by atoms with van der Waals surface area (Å²) in [6, 6.07) is 0. The van der Waals surface area contributed by atoms with E-state index in [1.54, 1.807) is 0 Å². The van der Waals surface area contributed by atoms with E-state index < -0.39 is 5.60 Å². The molecule has 0 spiro atoms. The Balaban J connectivity index is 2.11. The van der Waals surface area contributed by atoms with Gasteiger partial charge in [-0.25, -0.2) is 0 Å². The van der Waals surface area contributed by atoms with Gasteiger partial charge in [-0.05, 0) is 51.0 Å². The lowest BCUT2D eigenvalue weighted by atomic mass is 9.57. The number of nitrogens with one attached hydrogen (secondary N) is 1. The van der Waals surface area contributed by atoms with Crippen molar-refractivity contribution >= 4 is 0 Å². The van der Waals surface area contributed by atoms with Gasteiger partial charge in [0.25, 0.3) is 0 Å². The Hall–Kier alpha value is -0.0800. The molecule has 82 valence electrons. The number of aliphatic hydroxyl groups is 1. The lowest BCUT2D eigenvalue weighted by molar-refractivity contribution is -0.0747. The van der Waals surface area contributed by atoms with Gasteiger partial charge in [-0.1, -0.05) is 12.8 Å². The van der Waals surface area contributed by atoms with Crippen LogP contribution in [-0.4, -0.2) is 24.3 Å². The molecule has 2 heteroatoms. The van der Waals surface area contributed by atoms with E-state index in [4.69, 9.17) is 0 Å². The first kappa shape index (κ1) is 10.4. The zero-order valence-electron chi connectivity index (χ0n) is 9.47. The van der Waals surface area contributed by atoms with Crippen LogP contribution in [-0.2, 0) is 0 Å². The second-order valence-corrected chi connectivity index (χ2v) is 5.55. The van der Waals surface area contributed by atoms with Crippen LogP contribution >= 0.6 is 0 Å². The second kappa shape index (κ2) is 3.49. The van der Waals surface area contributed by atoms with E-state index >= 15 is 0 Å². The molecule has 0 aromatic rings. The minimum absolute atomic E-state index is 0.392. The van der Waals surface area contributed by atoms with Gasteiger partial charge in [-0.3, -0.25) is 0 Å². The summed E-state index contributed by atoms with van der Waals surface area (Å²) in [5.41, 5.74) is 0.0338. The Morgan fingerprint density at radius 2 is 2.00 bits per heavy atom. The minimum Gasteiger partial charge on any atom is -0.390 e. The van der Waals surface area contributed by atoms with Gasteiger partial charge in [0.05, 0.1) is 5.60 Å². The van der Waals surface area contributed by atoms with E-state index in [9.17, 15) is 5.11 Å². The van der Waals surface area contributed by atoms with E-state index in [-0.39, 0.29) is 0 Å². The molecule has 0 aliphatic heterocycles. The van der Waals surface area contributed by atoms with Gasteiger partial charge in [0.1, 0.15) is 0 Å². The Labute approximate surface area is 87.1 Å². The molecule has 2 aliphatic rings. The molecule has 0 radical (unpaired) electrons. The fourth-order valence-electron chi connectivity index (χ4n) is 3.75. The van der Waals surface area contributed by atoms with Crippen molar-refractivity contribution in [3.05, 3.63) is 0 Å². The normalized spacial score (nSPS) is 40.9. The Morgan fingerprint density at radius 3 is 2.36 bits per heavy atom. The molecule has 2 aliphatic carbocycles. The van der Waals surface area contributed by atoms with E-state index in [1.165, 1.54) is 32.1 Å². The minimum atomic E-state index is -0.392. The molecule has 0 saturated heterocycles. The Morgan fingerprint density at radius 1 is 1.29 bits per heavy atom. The molecule has 2 unspecified atom stereocenters. The van der Waals surface area contributed by atoms with Gasteiger partial charge in [0.15, 0.2) is 0 Å². The van der Waals surface area contributed by atoms with Crippen LogP contribution in [0.25, 0.3) is 0 Å². The van der Waals surface area contributed by atoms with Gasteiger partial charge in [0.2, 0.25) is 0 Å². The molecule has 0 bridgehead atoms. The highest BCUT2D eigenvalue weighted by atomic mass is 16.3. The van der Waals surface area contributed by atoms with Crippen LogP contribution in [0.2, 0.25) is 0 Å². The lowest BCUT2D eigenvalue weighted by Crippen LogP contribution is -2.51. The van der Waals surface area contributed by atoms with E-state index in [0.717, 1.165) is 13.0 Å². The lowest BCUT2D eigenvalue weighted by Gasteiger charge is -2.50. The van der Waals surface area contributed by atoms with Gasteiger partial charge in [-0.15, -0.1) is 0 Å². The maximum Gasteiger partial charge on any atom is 0.0653 e. The fourth-order valence-corrected chi connectivity index (χ4v) is 3.75. The first-order valence-corrected chi connectivity index (χ1v) is 5.98. The van der Waals surface area contributed by atoms with Crippen molar-refractivity contribution in [3.63, 3.8) is 0 Å². The van der Waals surface area contributed by atoms with Gasteiger partial charge < -0.3 is 10.4 Å². The number of rotatable bonds is 3. The summed E-state index contributed by atoms with van der Waals surface area (Å²) in [5.74, 6) is 0.538. The summed E-state index contributed by atoms with van der Waals surface area (Å²) in [6.45, 7) is 3.13. The molecule has 2 nitrogen and oxygen atoms in total. The average Bonchev–Trinajstić information content (AvgIpc) is 2.38. The third kappa shape index (κ3) is 1.49. The first-order valence-electron chi connectivity index (χ1n) is 5.98.